The number of rotatable bonds is 6. The summed E-state index contributed by atoms with van der Waals surface area (Å²) in [7, 11) is 0. The topological polar surface area (TPSA) is 116 Å². The maximum atomic E-state index is 12.3. The SMILES string of the molecule is CC(N[C@H](CO)[C@@H](O)c1ccc(N([O-])O)cc1)=C1C(=O)C[C@@H]2[C@@H]1C2(C)C. The van der Waals surface area contributed by atoms with Crippen LogP contribution in [0, 0.1) is 22.5 Å². The maximum Gasteiger partial charge on any atom is 0.161 e. The van der Waals surface area contributed by atoms with E-state index in [-0.39, 0.29) is 34.6 Å². The third-order valence-corrected chi connectivity index (χ3v) is 5.91. The Hall–Kier alpha value is -1.93. The van der Waals surface area contributed by atoms with Gasteiger partial charge in [0.15, 0.2) is 5.78 Å². The number of hydrogen-bond acceptors (Lipinski definition) is 7. The van der Waals surface area contributed by atoms with Gasteiger partial charge in [-0.25, -0.2) is 0 Å². The molecule has 4 N–H and O–H groups in total. The van der Waals surface area contributed by atoms with Gasteiger partial charge >= 0.3 is 0 Å². The number of carbonyl (C=O) groups is 1. The van der Waals surface area contributed by atoms with Gasteiger partial charge in [0, 0.05) is 17.7 Å². The van der Waals surface area contributed by atoms with Crippen molar-refractivity contribution in [3.63, 3.8) is 0 Å². The molecule has 0 amide bonds. The van der Waals surface area contributed by atoms with E-state index in [0.29, 0.717) is 23.6 Å². The Kier molecular flexibility index (Phi) is 4.83. The van der Waals surface area contributed by atoms with Gasteiger partial charge in [-0.05, 0) is 41.9 Å². The summed E-state index contributed by atoms with van der Waals surface area (Å²) in [6, 6.07) is 5.08. The third-order valence-electron chi connectivity index (χ3n) is 5.91. The molecule has 7 nitrogen and oxygen atoms in total. The largest absolute Gasteiger partial charge is 0.733 e. The van der Waals surface area contributed by atoms with Crippen LogP contribution >= 0.6 is 0 Å². The van der Waals surface area contributed by atoms with Crippen LogP contribution in [-0.2, 0) is 4.79 Å². The van der Waals surface area contributed by atoms with Crippen LogP contribution in [0.1, 0.15) is 38.9 Å². The van der Waals surface area contributed by atoms with Gasteiger partial charge in [-0.3, -0.25) is 10.0 Å². The monoisotopic (exact) mass is 361 g/mol. The van der Waals surface area contributed by atoms with Gasteiger partial charge in [0.05, 0.1) is 18.3 Å². The van der Waals surface area contributed by atoms with Crippen molar-refractivity contribution in [3.8, 4) is 0 Å². The standard InChI is InChI=1S/C19H25N2O5/c1-10(16-15(23)8-13-17(16)19(13,2)3)20-14(9-22)18(24)11-4-6-12(7-5-11)21(25)26/h4-7,13-14,17-18,20,22,24-25H,8-9H2,1-3H3/q-1/t13-,14-,17+,18+/m1/s1. The summed E-state index contributed by atoms with van der Waals surface area (Å²) in [6.45, 7) is 5.79. The first-order valence-electron chi connectivity index (χ1n) is 8.74. The molecule has 2 fully saturated rings. The molecule has 0 bridgehead atoms. The Balaban J connectivity index is 1.76. The molecule has 7 heteroatoms. The lowest BCUT2D eigenvalue weighted by atomic mass is 9.94. The van der Waals surface area contributed by atoms with Crippen molar-refractivity contribution in [2.75, 3.05) is 11.8 Å². The van der Waals surface area contributed by atoms with Crippen LogP contribution in [0.3, 0.4) is 0 Å². The number of Topliss-reactive ketones (excluding diaryl/α,β-unsaturated/α-hetero) is 1. The Morgan fingerprint density at radius 1 is 1.38 bits per heavy atom. The van der Waals surface area contributed by atoms with E-state index in [2.05, 4.69) is 19.2 Å². The van der Waals surface area contributed by atoms with E-state index < -0.39 is 12.1 Å². The zero-order valence-electron chi connectivity index (χ0n) is 15.1. The summed E-state index contributed by atoms with van der Waals surface area (Å²) in [5.74, 6) is 0.768. The van der Waals surface area contributed by atoms with Gasteiger partial charge in [-0.15, -0.1) is 0 Å². The van der Waals surface area contributed by atoms with E-state index in [4.69, 9.17) is 5.21 Å². The Morgan fingerprint density at radius 3 is 2.50 bits per heavy atom. The average Bonchev–Trinajstić information content (AvgIpc) is 2.94. The summed E-state index contributed by atoms with van der Waals surface area (Å²) in [5.41, 5.74) is 2.14. The predicted molar refractivity (Wildman–Crippen MR) is 96.1 cm³/mol. The van der Waals surface area contributed by atoms with Gasteiger partial charge in [0.1, 0.15) is 6.10 Å². The van der Waals surface area contributed by atoms with Gasteiger partial charge in [0.25, 0.3) is 0 Å². The van der Waals surface area contributed by atoms with Crippen molar-refractivity contribution in [1.82, 2.24) is 5.32 Å². The second-order valence-corrected chi connectivity index (χ2v) is 7.81. The summed E-state index contributed by atoms with van der Waals surface area (Å²) >= 11 is 0. The number of aliphatic hydroxyl groups excluding tert-OH is 2. The Labute approximate surface area is 152 Å². The number of allylic oxidation sites excluding steroid dienone is 2. The second kappa shape index (κ2) is 6.66. The van der Waals surface area contributed by atoms with Crippen LogP contribution in [0.4, 0.5) is 5.69 Å². The van der Waals surface area contributed by atoms with E-state index in [0.717, 1.165) is 5.57 Å². The summed E-state index contributed by atoms with van der Waals surface area (Å²) in [4.78, 5) is 12.3. The van der Waals surface area contributed by atoms with Crippen molar-refractivity contribution < 1.29 is 20.2 Å². The lowest BCUT2D eigenvalue weighted by Gasteiger charge is -2.26. The molecule has 2 aliphatic rings. The third kappa shape index (κ3) is 3.12. The fourth-order valence-corrected chi connectivity index (χ4v) is 4.24. The molecule has 0 saturated heterocycles. The van der Waals surface area contributed by atoms with E-state index in [1.165, 1.54) is 24.3 Å². The smallest absolute Gasteiger partial charge is 0.161 e. The number of anilines is 1. The number of fused-ring (bicyclic) bond motifs is 1. The molecule has 2 aliphatic carbocycles. The molecule has 1 aromatic carbocycles. The zero-order chi connectivity index (χ0) is 19.2. The molecule has 0 heterocycles. The van der Waals surface area contributed by atoms with Crippen molar-refractivity contribution in [2.24, 2.45) is 17.3 Å². The molecule has 0 radical (unpaired) electrons. The second-order valence-electron chi connectivity index (χ2n) is 7.81. The van der Waals surface area contributed by atoms with Gasteiger partial charge in [-0.1, -0.05) is 26.0 Å². The number of nitrogens with one attached hydrogen (secondary N) is 1. The lowest BCUT2D eigenvalue weighted by molar-refractivity contribution is -0.115. The normalized spacial score (nSPS) is 27.6. The van der Waals surface area contributed by atoms with Crippen LogP contribution in [0.5, 0.6) is 0 Å². The molecule has 2 saturated carbocycles. The fourth-order valence-electron chi connectivity index (χ4n) is 4.24. The lowest BCUT2D eigenvalue weighted by Crippen LogP contribution is -2.38. The zero-order valence-corrected chi connectivity index (χ0v) is 15.1. The van der Waals surface area contributed by atoms with E-state index >= 15 is 0 Å². The molecule has 0 aromatic heterocycles. The first-order valence-corrected chi connectivity index (χ1v) is 8.74. The van der Waals surface area contributed by atoms with Crippen molar-refractivity contribution in [1.29, 1.82) is 0 Å². The van der Waals surface area contributed by atoms with E-state index in [9.17, 15) is 20.2 Å². The number of carbonyl (C=O) groups excluding carboxylic acids is 1. The highest BCUT2D eigenvalue weighted by Gasteiger charge is 2.65. The Morgan fingerprint density at radius 2 is 2.00 bits per heavy atom. The van der Waals surface area contributed by atoms with Crippen molar-refractivity contribution in [2.45, 2.75) is 39.3 Å². The van der Waals surface area contributed by atoms with Gasteiger partial charge < -0.3 is 26.0 Å². The highest BCUT2D eigenvalue weighted by Crippen LogP contribution is 2.68. The molecule has 4 atom stereocenters. The molecular weight excluding hydrogens is 336 g/mol. The van der Waals surface area contributed by atoms with Crippen molar-refractivity contribution in [3.05, 3.63) is 46.3 Å². The van der Waals surface area contributed by atoms with Crippen LogP contribution in [-0.4, -0.2) is 33.9 Å². The molecule has 3 rings (SSSR count). The average molecular weight is 361 g/mol. The number of ketones is 1. The molecule has 26 heavy (non-hydrogen) atoms. The summed E-state index contributed by atoms with van der Waals surface area (Å²) < 4.78 is 0. The highest BCUT2D eigenvalue weighted by atomic mass is 16.8. The van der Waals surface area contributed by atoms with Gasteiger partial charge in [0.2, 0.25) is 0 Å². The first kappa shape index (κ1) is 18.8. The van der Waals surface area contributed by atoms with Crippen LogP contribution < -0.4 is 10.5 Å². The minimum atomic E-state index is -1.04. The van der Waals surface area contributed by atoms with Crippen LogP contribution in [0.2, 0.25) is 0 Å². The Bertz CT molecular complexity index is 726. The fraction of sp³-hybridized carbons (Fsp3) is 0.526. The molecule has 0 unspecified atom stereocenters. The molecule has 142 valence electrons. The minimum absolute atomic E-state index is 0.0475. The molecule has 0 spiro atoms. The number of hydrogen-bond donors (Lipinski definition) is 4. The molecule has 1 aromatic rings. The molecule has 0 aliphatic heterocycles. The van der Waals surface area contributed by atoms with E-state index in [1.54, 1.807) is 0 Å². The quantitative estimate of drug-likeness (QED) is 0.451. The number of nitrogens with zero attached hydrogens (tertiary/aromatic N) is 1. The van der Waals surface area contributed by atoms with E-state index in [1.807, 2.05) is 6.92 Å². The first-order chi connectivity index (χ1) is 12.2. The predicted octanol–water partition coefficient (Wildman–Crippen LogP) is 1.88. The highest BCUT2D eigenvalue weighted by molar-refractivity contribution is 6.01. The minimum Gasteiger partial charge on any atom is -0.733 e. The summed E-state index contributed by atoms with van der Waals surface area (Å²) in [6.07, 6.45) is -0.477. The maximum absolute atomic E-state index is 12.3. The van der Waals surface area contributed by atoms with Gasteiger partial charge in [-0.2, -0.15) is 0 Å². The van der Waals surface area contributed by atoms with Crippen molar-refractivity contribution >= 4 is 11.5 Å². The van der Waals surface area contributed by atoms with Crippen LogP contribution in [0.15, 0.2) is 35.5 Å². The number of aliphatic hydroxyl groups is 2. The van der Waals surface area contributed by atoms with Crippen LogP contribution in [0.25, 0.3) is 0 Å². The summed E-state index contributed by atoms with van der Waals surface area (Å²) in [5, 5.41) is 42.8. The number of benzene rings is 1. The molecular formula is C19H25N2O5-.